The van der Waals surface area contributed by atoms with E-state index in [0.29, 0.717) is 16.6 Å². The molecule has 0 spiro atoms. The largest absolute Gasteiger partial charge is 0.330 e. The summed E-state index contributed by atoms with van der Waals surface area (Å²) in [5.74, 6) is 0.147. The highest BCUT2D eigenvalue weighted by atomic mass is 35.5. The molecule has 0 saturated carbocycles. The Morgan fingerprint density at radius 2 is 1.50 bits per heavy atom. The summed E-state index contributed by atoms with van der Waals surface area (Å²) in [6.07, 6.45) is 0.848. The van der Waals surface area contributed by atoms with Crippen LogP contribution in [-0.2, 0) is 6.42 Å². The Morgan fingerprint density at radius 3 is 2.06 bits per heavy atom. The number of hydrogen-bond donors (Lipinski definition) is 1. The van der Waals surface area contributed by atoms with Crippen LogP contribution in [0, 0.1) is 0 Å². The first-order valence-corrected chi connectivity index (χ1v) is 6.66. The van der Waals surface area contributed by atoms with Crippen LogP contribution in [0.5, 0.6) is 0 Å². The van der Waals surface area contributed by atoms with E-state index in [2.05, 4.69) is 12.1 Å². The summed E-state index contributed by atoms with van der Waals surface area (Å²) in [7, 11) is 0. The van der Waals surface area contributed by atoms with E-state index in [1.165, 1.54) is 5.56 Å². The van der Waals surface area contributed by atoms with E-state index in [0.717, 1.165) is 12.0 Å². The van der Waals surface area contributed by atoms with Gasteiger partial charge in [0.25, 0.3) is 0 Å². The van der Waals surface area contributed by atoms with Gasteiger partial charge in [0.2, 0.25) is 0 Å². The molecule has 2 rings (SSSR count). The first kappa shape index (κ1) is 13.4. The highest BCUT2D eigenvalue weighted by Gasteiger charge is 2.17. The first-order valence-electron chi connectivity index (χ1n) is 5.90. The average Bonchev–Trinajstić information content (AvgIpc) is 2.38. The SMILES string of the molecule is NCC(Cc1ccccc1)c1c(Cl)cccc1Cl. The third-order valence-corrected chi connectivity index (χ3v) is 3.68. The summed E-state index contributed by atoms with van der Waals surface area (Å²) in [6, 6.07) is 15.8. The molecule has 0 aliphatic carbocycles. The molecule has 3 heteroatoms. The van der Waals surface area contributed by atoms with Gasteiger partial charge >= 0.3 is 0 Å². The Labute approximate surface area is 118 Å². The number of nitrogens with two attached hydrogens (primary N) is 1. The van der Waals surface area contributed by atoms with E-state index in [1.54, 1.807) is 0 Å². The molecule has 0 bridgehead atoms. The molecule has 0 radical (unpaired) electrons. The molecule has 0 aliphatic heterocycles. The quantitative estimate of drug-likeness (QED) is 0.888. The molecule has 1 unspecified atom stereocenters. The van der Waals surface area contributed by atoms with Gasteiger partial charge in [-0.2, -0.15) is 0 Å². The Morgan fingerprint density at radius 1 is 0.889 bits per heavy atom. The van der Waals surface area contributed by atoms with E-state index in [4.69, 9.17) is 28.9 Å². The van der Waals surface area contributed by atoms with Crippen LogP contribution in [0.25, 0.3) is 0 Å². The maximum Gasteiger partial charge on any atom is 0.0456 e. The second-order valence-electron chi connectivity index (χ2n) is 4.26. The van der Waals surface area contributed by atoms with Crippen molar-refractivity contribution in [2.45, 2.75) is 12.3 Å². The van der Waals surface area contributed by atoms with Crippen LogP contribution < -0.4 is 5.73 Å². The van der Waals surface area contributed by atoms with Crippen molar-refractivity contribution in [3.8, 4) is 0 Å². The molecule has 1 nitrogen and oxygen atoms in total. The summed E-state index contributed by atoms with van der Waals surface area (Å²) in [5.41, 5.74) is 8.06. The zero-order valence-corrected chi connectivity index (χ0v) is 11.5. The Balaban J connectivity index is 2.29. The predicted octanol–water partition coefficient (Wildman–Crippen LogP) is 4.28. The minimum Gasteiger partial charge on any atom is -0.330 e. The number of rotatable bonds is 4. The molecule has 94 valence electrons. The van der Waals surface area contributed by atoms with Gasteiger partial charge in [-0.1, -0.05) is 59.6 Å². The smallest absolute Gasteiger partial charge is 0.0456 e. The van der Waals surface area contributed by atoms with Crippen molar-refractivity contribution >= 4 is 23.2 Å². The minimum atomic E-state index is 0.147. The molecule has 0 saturated heterocycles. The first-order chi connectivity index (χ1) is 8.72. The molecule has 2 N–H and O–H groups in total. The number of hydrogen-bond acceptors (Lipinski definition) is 1. The maximum atomic E-state index is 6.23. The van der Waals surface area contributed by atoms with E-state index < -0.39 is 0 Å². The van der Waals surface area contributed by atoms with Gasteiger partial charge in [0.15, 0.2) is 0 Å². The van der Waals surface area contributed by atoms with Crippen molar-refractivity contribution in [1.29, 1.82) is 0 Å². The molecular formula is C15H15Cl2N. The highest BCUT2D eigenvalue weighted by molar-refractivity contribution is 6.36. The highest BCUT2D eigenvalue weighted by Crippen LogP contribution is 2.32. The fourth-order valence-electron chi connectivity index (χ4n) is 2.10. The van der Waals surface area contributed by atoms with Crippen LogP contribution in [0.3, 0.4) is 0 Å². The van der Waals surface area contributed by atoms with Crippen molar-refractivity contribution in [3.05, 3.63) is 69.7 Å². The normalized spacial score (nSPS) is 12.4. The molecule has 0 aliphatic rings. The maximum absolute atomic E-state index is 6.23. The fourth-order valence-corrected chi connectivity index (χ4v) is 2.81. The van der Waals surface area contributed by atoms with E-state index in [1.807, 2.05) is 36.4 Å². The van der Waals surface area contributed by atoms with Crippen LogP contribution in [0.1, 0.15) is 17.0 Å². The topological polar surface area (TPSA) is 26.0 Å². The van der Waals surface area contributed by atoms with Gasteiger partial charge in [0.05, 0.1) is 0 Å². The van der Waals surface area contributed by atoms with Gasteiger partial charge in [0.1, 0.15) is 0 Å². The van der Waals surface area contributed by atoms with Gasteiger partial charge in [0, 0.05) is 16.0 Å². The van der Waals surface area contributed by atoms with Crippen molar-refractivity contribution < 1.29 is 0 Å². The molecule has 0 aromatic heterocycles. The van der Waals surface area contributed by atoms with Crippen molar-refractivity contribution in [3.63, 3.8) is 0 Å². The third kappa shape index (κ3) is 3.05. The zero-order chi connectivity index (χ0) is 13.0. The average molecular weight is 280 g/mol. The Bertz CT molecular complexity index is 491. The van der Waals surface area contributed by atoms with Gasteiger partial charge in [-0.15, -0.1) is 0 Å². The van der Waals surface area contributed by atoms with Crippen molar-refractivity contribution in [2.75, 3.05) is 6.54 Å². The zero-order valence-electron chi connectivity index (χ0n) is 9.94. The molecule has 0 amide bonds. The molecule has 18 heavy (non-hydrogen) atoms. The predicted molar refractivity (Wildman–Crippen MR) is 78.4 cm³/mol. The van der Waals surface area contributed by atoms with Crippen molar-refractivity contribution in [1.82, 2.24) is 0 Å². The molecule has 2 aromatic rings. The lowest BCUT2D eigenvalue weighted by Crippen LogP contribution is -2.16. The lowest BCUT2D eigenvalue weighted by Gasteiger charge is -2.18. The van der Waals surface area contributed by atoms with Gasteiger partial charge in [-0.25, -0.2) is 0 Å². The summed E-state index contributed by atoms with van der Waals surface area (Å²) in [6.45, 7) is 0.526. The van der Waals surface area contributed by atoms with Crippen LogP contribution in [0.4, 0.5) is 0 Å². The second kappa shape index (κ2) is 6.24. The molecule has 0 fully saturated rings. The monoisotopic (exact) mass is 279 g/mol. The van der Waals surface area contributed by atoms with E-state index in [-0.39, 0.29) is 5.92 Å². The van der Waals surface area contributed by atoms with Crippen LogP contribution >= 0.6 is 23.2 Å². The fraction of sp³-hybridized carbons (Fsp3) is 0.200. The van der Waals surface area contributed by atoms with Gasteiger partial charge < -0.3 is 5.73 Å². The van der Waals surface area contributed by atoms with Crippen molar-refractivity contribution in [2.24, 2.45) is 5.73 Å². The van der Waals surface area contributed by atoms with E-state index >= 15 is 0 Å². The van der Waals surface area contributed by atoms with Crippen LogP contribution in [-0.4, -0.2) is 6.54 Å². The van der Waals surface area contributed by atoms with Crippen LogP contribution in [0.15, 0.2) is 48.5 Å². The summed E-state index contributed by atoms with van der Waals surface area (Å²) in [5, 5.41) is 1.38. The van der Waals surface area contributed by atoms with Gasteiger partial charge in [-0.3, -0.25) is 0 Å². The molecule has 2 aromatic carbocycles. The number of benzene rings is 2. The van der Waals surface area contributed by atoms with E-state index in [9.17, 15) is 0 Å². The lowest BCUT2D eigenvalue weighted by atomic mass is 9.92. The Kier molecular flexibility index (Phi) is 4.65. The standard InChI is InChI=1S/C15H15Cl2N/c16-13-7-4-8-14(17)15(13)12(10-18)9-11-5-2-1-3-6-11/h1-8,12H,9-10,18H2. The lowest BCUT2D eigenvalue weighted by molar-refractivity contribution is 0.695. The van der Waals surface area contributed by atoms with Gasteiger partial charge in [-0.05, 0) is 36.2 Å². The summed E-state index contributed by atoms with van der Waals surface area (Å²) in [4.78, 5) is 0. The summed E-state index contributed by atoms with van der Waals surface area (Å²) >= 11 is 12.5. The number of halogens is 2. The second-order valence-corrected chi connectivity index (χ2v) is 5.07. The third-order valence-electron chi connectivity index (χ3n) is 3.02. The summed E-state index contributed by atoms with van der Waals surface area (Å²) < 4.78 is 0. The minimum absolute atomic E-state index is 0.147. The molecular weight excluding hydrogens is 265 g/mol. The Hall–Kier alpha value is -1.02. The molecule has 0 heterocycles. The van der Waals surface area contributed by atoms with Crippen LogP contribution in [0.2, 0.25) is 10.0 Å². The molecule has 1 atom stereocenters.